The average molecular weight is 239 g/mol. The Morgan fingerprint density at radius 1 is 0.688 bits per heavy atom. The first-order valence-electron chi connectivity index (χ1n) is 4.96. The van der Waals surface area contributed by atoms with Crippen LogP contribution in [-0.2, 0) is 14.4 Å². The van der Waals surface area contributed by atoms with Gasteiger partial charge in [-0.25, -0.2) is 29.4 Å². The molecule has 0 aromatic rings. The van der Waals surface area contributed by atoms with Crippen LogP contribution >= 0.6 is 0 Å². The van der Waals surface area contributed by atoms with Crippen LogP contribution in [0.1, 0.15) is 0 Å². The standard InChI is InChI=1S/C9H13N3O3Si/c13-7-10-1-4-16(5-2-11-8-14)6-3-12-9-15/h16H,1-6H2. The highest BCUT2D eigenvalue weighted by molar-refractivity contribution is 6.59. The van der Waals surface area contributed by atoms with Gasteiger partial charge in [0, 0.05) is 28.4 Å². The van der Waals surface area contributed by atoms with E-state index >= 15 is 0 Å². The SMILES string of the molecule is O=C=NCC[SiH](CCN=C=O)CCN=C=O. The molecule has 0 bridgehead atoms. The monoisotopic (exact) mass is 239 g/mol. The maximum absolute atomic E-state index is 9.89. The van der Waals surface area contributed by atoms with Crippen LogP contribution in [0.3, 0.4) is 0 Å². The molecule has 0 saturated heterocycles. The Hall–Kier alpha value is -1.64. The lowest BCUT2D eigenvalue weighted by molar-refractivity contribution is 0.563. The van der Waals surface area contributed by atoms with E-state index in [2.05, 4.69) is 15.0 Å². The van der Waals surface area contributed by atoms with Crippen molar-refractivity contribution in [2.45, 2.75) is 18.1 Å². The molecular weight excluding hydrogens is 226 g/mol. The lowest BCUT2D eigenvalue weighted by atomic mass is 10.7. The summed E-state index contributed by atoms with van der Waals surface area (Å²) in [5, 5.41) is 0. The molecule has 0 aromatic carbocycles. The fourth-order valence-electron chi connectivity index (χ4n) is 1.31. The van der Waals surface area contributed by atoms with Gasteiger partial charge in [-0.2, -0.15) is 0 Å². The zero-order valence-corrected chi connectivity index (χ0v) is 10.0. The van der Waals surface area contributed by atoms with Crippen LogP contribution in [0.25, 0.3) is 0 Å². The molecule has 0 radical (unpaired) electrons. The van der Waals surface area contributed by atoms with Crippen LogP contribution in [0.2, 0.25) is 18.1 Å². The smallest absolute Gasteiger partial charge is 0.211 e. The Balaban J connectivity index is 3.97. The molecule has 0 fully saturated rings. The first-order chi connectivity index (χ1) is 7.85. The molecule has 86 valence electrons. The molecule has 0 aliphatic rings. The lowest BCUT2D eigenvalue weighted by Crippen LogP contribution is -2.16. The van der Waals surface area contributed by atoms with E-state index in [1.165, 1.54) is 18.2 Å². The molecule has 0 aliphatic carbocycles. The fraction of sp³-hybridized carbons (Fsp3) is 0.667. The Kier molecular flexibility index (Phi) is 10.3. The average Bonchev–Trinajstić information content (AvgIpc) is 2.29. The van der Waals surface area contributed by atoms with Gasteiger partial charge in [0.25, 0.3) is 0 Å². The molecule has 0 saturated carbocycles. The molecule has 0 N–H and O–H groups in total. The Labute approximate surface area is 94.8 Å². The van der Waals surface area contributed by atoms with Gasteiger partial charge in [0.1, 0.15) is 0 Å². The largest absolute Gasteiger partial charge is 0.234 e. The minimum absolute atomic E-state index is 0.454. The zero-order valence-electron chi connectivity index (χ0n) is 8.89. The van der Waals surface area contributed by atoms with Crippen molar-refractivity contribution in [1.29, 1.82) is 0 Å². The first kappa shape index (κ1) is 14.4. The Bertz CT molecular complexity index is 277. The molecule has 0 aliphatic heterocycles. The lowest BCUT2D eigenvalue weighted by Gasteiger charge is -2.09. The van der Waals surface area contributed by atoms with E-state index in [0.29, 0.717) is 19.6 Å². The number of isocyanates is 3. The van der Waals surface area contributed by atoms with Gasteiger partial charge < -0.3 is 0 Å². The highest BCUT2D eigenvalue weighted by Gasteiger charge is 2.09. The van der Waals surface area contributed by atoms with Crippen LogP contribution in [0.4, 0.5) is 0 Å². The molecule has 0 unspecified atom stereocenters. The fourth-order valence-corrected chi connectivity index (χ4v) is 3.66. The minimum atomic E-state index is -1.15. The van der Waals surface area contributed by atoms with E-state index in [1.807, 2.05) is 0 Å². The number of rotatable bonds is 9. The summed E-state index contributed by atoms with van der Waals surface area (Å²) in [6.07, 6.45) is 4.45. The quantitative estimate of drug-likeness (QED) is 0.327. The van der Waals surface area contributed by atoms with Crippen LogP contribution in [-0.4, -0.2) is 46.7 Å². The van der Waals surface area contributed by atoms with Gasteiger partial charge in [0.2, 0.25) is 18.2 Å². The minimum Gasteiger partial charge on any atom is -0.211 e. The van der Waals surface area contributed by atoms with Crippen molar-refractivity contribution >= 4 is 27.0 Å². The van der Waals surface area contributed by atoms with Gasteiger partial charge in [0.15, 0.2) is 0 Å². The van der Waals surface area contributed by atoms with Crippen LogP contribution in [0.15, 0.2) is 15.0 Å². The van der Waals surface area contributed by atoms with E-state index in [9.17, 15) is 14.4 Å². The van der Waals surface area contributed by atoms with Crippen molar-refractivity contribution in [3.05, 3.63) is 0 Å². The van der Waals surface area contributed by atoms with Crippen molar-refractivity contribution < 1.29 is 14.4 Å². The summed E-state index contributed by atoms with van der Waals surface area (Å²) in [5.41, 5.74) is 0. The number of hydrogen-bond acceptors (Lipinski definition) is 6. The summed E-state index contributed by atoms with van der Waals surface area (Å²) in [7, 11) is -1.15. The van der Waals surface area contributed by atoms with E-state index < -0.39 is 8.80 Å². The van der Waals surface area contributed by atoms with Gasteiger partial charge in [-0.15, -0.1) is 0 Å². The molecule has 0 spiro atoms. The van der Waals surface area contributed by atoms with Gasteiger partial charge in [0.05, 0.1) is 0 Å². The van der Waals surface area contributed by atoms with Crippen molar-refractivity contribution in [2.75, 3.05) is 19.6 Å². The molecule has 7 heteroatoms. The third kappa shape index (κ3) is 8.93. The molecule has 0 rings (SSSR count). The molecule has 0 amide bonds. The molecule has 16 heavy (non-hydrogen) atoms. The van der Waals surface area contributed by atoms with Gasteiger partial charge in [-0.1, -0.05) is 0 Å². The van der Waals surface area contributed by atoms with Crippen molar-refractivity contribution in [1.82, 2.24) is 0 Å². The van der Waals surface area contributed by atoms with Crippen LogP contribution in [0, 0.1) is 0 Å². The Morgan fingerprint density at radius 2 is 1.00 bits per heavy atom. The number of hydrogen-bond donors (Lipinski definition) is 0. The van der Waals surface area contributed by atoms with E-state index in [0.717, 1.165) is 18.1 Å². The molecule has 0 heterocycles. The second-order valence-electron chi connectivity index (χ2n) is 3.15. The maximum atomic E-state index is 9.89. The van der Waals surface area contributed by atoms with Crippen LogP contribution in [0.5, 0.6) is 0 Å². The third-order valence-electron chi connectivity index (χ3n) is 2.14. The summed E-state index contributed by atoms with van der Waals surface area (Å²) in [5.74, 6) is 0. The normalized spacial score (nSPS) is 10.5. The topological polar surface area (TPSA) is 88.3 Å². The first-order valence-corrected chi connectivity index (χ1v) is 7.41. The van der Waals surface area contributed by atoms with Gasteiger partial charge in [-0.05, 0) is 18.1 Å². The number of aliphatic imine (C=N–C) groups is 3. The molecule has 0 aromatic heterocycles. The van der Waals surface area contributed by atoms with E-state index in [1.54, 1.807) is 0 Å². The number of nitrogens with zero attached hydrogens (tertiary/aromatic N) is 3. The molecular formula is C9H13N3O3Si. The maximum Gasteiger partial charge on any atom is 0.234 e. The van der Waals surface area contributed by atoms with Crippen LogP contribution < -0.4 is 0 Å². The van der Waals surface area contributed by atoms with Crippen molar-refractivity contribution in [2.24, 2.45) is 15.0 Å². The molecule has 6 nitrogen and oxygen atoms in total. The summed E-state index contributed by atoms with van der Waals surface area (Å²) in [4.78, 5) is 40.1. The summed E-state index contributed by atoms with van der Waals surface area (Å²) >= 11 is 0. The highest BCUT2D eigenvalue weighted by Crippen LogP contribution is 2.06. The summed E-state index contributed by atoms with van der Waals surface area (Å²) in [6.45, 7) is 1.36. The second-order valence-corrected chi connectivity index (χ2v) is 6.62. The van der Waals surface area contributed by atoms with Crippen molar-refractivity contribution in [3.8, 4) is 0 Å². The van der Waals surface area contributed by atoms with E-state index in [4.69, 9.17) is 0 Å². The predicted octanol–water partition coefficient (Wildman–Crippen LogP) is 0.221. The summed E-state index contributed by atoms with van der Waals surface area (Å²) < 4.78 is 0. The van der Waals surface area contributed by atoms with E-state index in [-0.39, 0.29) is 0 Å². The van der Waals surface area contributed by atoms with Gasteiger partial charge >= 0.3 is 0 Å². The van der Waals surface area contributed by atoms with Gasteiger partial charge in [-0.3, -0.25) is 0 Å². The summed E-state index contributed by atoms with van der Waals surface area (Å²) in [6, 6.07) is 2.49. The highest BCUT2D eigenvalue weighted by atomic mass is 28.3. The number of carbonyl (C=O) groups excluding carboxylic acids is 3. The molecule has 0 atom stereocenters. The predicted molar refractivity (Wildman–Crippen MR) is 60.5 cm³/mol. The second kappa shape index (κ2) is 11.4. The third-order valence-corrected chi connectivity index (χ3v) is 5.37. The Morgan fingerprint density at radius 3 is 1.25 bits per heavy atom. The van der Waals surface area contributed by atoms with Crippen molar-refractivity contribution in [3.63, 3.8) is 0 Å². The zero-order chi connectivity index (χ0) is 12.1.